The molecule has 0 amide bonds. The molecule has 0 N–H and O–H groups in total. The zero-order chi connectivity index (χ0) is 50.2. The highest BCUT2D eigenvalue weighted by atomic mass is 28.3. The summed E-state index contributed by atoms with van der Waals surface area (Å²) in [4.78, 5) is 0. The maximum atomic E-state index is 2.50. The first-order valence-electron chi connectivity index (χ1n) is 26.4. The van der Waals surface area contributed by atoms with Crippen molar-refractivity contribution in [2.75, 3.05) is 0 Å². The summed E-state index contributed by atoms with van der Waals surface area (Å²) in [6.45, 7) is 0. The Morgan fingerprint density at radius 2 is 0.711 bits per heavy atom. The van der Waals surface area contributed by atoms with Crippen LogP contribution in [0.4, 0.5) is 0 Å². The van der Waals surface area contributed by atoms with E-state index in [0.717, 1.165) is 11.4 Å². The van der Waals surface area contributed by atoms with Crippen molar-refractivity contribution in [1.29, 1.82) is 0 Å². The Bertz CT molecular complexity index is 4360. The van der Waals surface area contributed by atoms with E-state index in [0.29, 0.717) is 0 Å². The van der Waals surface area contributed by atoms with Crippen molar-refractivity contribution in [3.63, 3.8) is 0 Å². The van der Waals surface area contributed by atoms with Gasteiger partial charge in [0.2, 0.25) is 0 Å². The molecule has 0 bridgehead atoms. The molecule has 14 aromatic rings. The number of rotatable bonds is 9. The lowest BCUT2D eigenvalue weighted by Crippen LogP contribution is -2.74. The van der Waals surface area contributed by atoms with E-state index in [4.69, 9.17) is 0 Å². The van der Waals surface area contributed by atoms with Crippen LogP contribution in [0.5, 0.6) is 0 Å². The first-order valence-corrected chi connectivity index (χ1v) is 28.4. The first kappa shape index (κ1) is 44.0. The zero-order valence-electron chi connectivity index (χ0n) is 41.8. The van der Waals surface area contributed by atoms with Gasteiger partial charge in [0.1, 0.15) is 0 Å². The van der Waals surface area contributed by atoms with Crippen molar-refractivity contribution in [1.82, 2.24) is 9.13 Å². The van der Waals surface area contributed by atoms with Gasteiger partial charge in [-0.15, -0.1) is 0 Å². The predicted octanol–water partition coefficient (Wildman–Crippen LogP) is 15.3. The average Bonchev–Trinajstić information content (AvgIpc) is 4.30. The second kappa shape index (κ2) is 17.6. The molecule has 1 aliphatic carbocycles. The molecule has 2 nitrogen and oxygen atoms in total. The summed E-state index contributed by atoms with van der Waals surface area (Å²) in [5, 5.41) is 10.3. The molecule has 0 radical (unpaired) electrons. The molecule has 0 saturated carbocycles. The third-order valence-electron chi connectivity index (χ3n) is 16.5. The fourth-order valence-electron chi connectivity index (χ4n) is 13.5. The van der Waals surface area contributed by atoms with Gasteiger partial charge in [-0.25, -0.2) is 0 Å². The minimum atomic E-state index is -2.78. The standard InChI is InChI=1S/C73H50N2Si/c1-6-24-52(25-7-1)73(53-26-8-2-9-27-53)66-40-19-16-38-64(66)72-60(39-23-41-67(72)73)51-44-46-63-61-36-17-20-42-68(61)75(71(63)48-51)55-45-47-70-65(50-55)62-37-18-21-43-69(62)74(70)54-28-22-35-59(49-54)76(56-29-10-3-11-30-56,57-31-12-4-13-32-57)58-33-14-5-15-34-58/h1-50H. The summed E-state index contributed by atoms with van der Waals surface area (Å²) in [5.74, 6) is 0. The number of para-hydroxylation sites is 2. The van der Waals surface area contributed by atoms with Gasteiger partial charge in [0.25, 0.3) is 0 Å². The Morgan fingerprint density at radius 3 is 1.34 bits per heavy atom. The molecular weight excluding hydrogens is 933 g/mol. The molecule has 15 rings (SSSR count). The summed E-state index contributed by atoms with van der Waals surface area (Å²) in [5.41, 5.74) is 16.7. The van der Waals surface area contributed by atoms with Crippen LogP contribution >= 0.6 is 0 Å². The smallest absolute Gasteiger partial charge is 0.179 e. The minimum absolute atomic E-state index is 0.476. The van der Waals surface area contributed by atoms with Crippen LogP contribution in [0, 0.1) is 0 Å². The van der Waals surface area contributed by atoms with Gasteiger partial charge in [-0.1, -0.05) is 255 Å². The lowest BCUT2D eigenvalue weighted by Gasteiger charge is -2.34. The van der Waals surface area contributed by atoms with Crippen LogP contribution in [-0.4, -0.2) is 17.2 Å². The lowest BCUT2D eigenvalue weighted by molar-refractivity contribution is 0.768. The number of fused-ring (bicyclic) bond motifs is 9. The summed E-state index contributed by atoms with van der Waals surface area (Å²) >= 11 is 0. The van der Waals surface area contributed by atoms with Crippen molar-refractivity contribution < 1.29 is 0 Å². The van der Waals surface area contributed by atoms with E-state index >= 15 is 0 Å². The molecule has 356 valence electrons. The maximum absolute atomic E-state index is 2.78. The zero-order valence-corrected chi connectivity index (χ0v) is 42.8. The molecule has 1 aliphatic rings. The van der Waals surface area contributed by atoms with Gasteiger partial charge in [0, 0.05) is 32.9 Å². The van der Waals surface area contributed by atoms with Crippen LogP contribution in [0.15, 0.2) is 303 Å². The van der Waals surface area contributed by atoms with Gasteiger partial charge >= 0.3 is 0 Å². The number of nitrogens with zero attached hydrogens (tertiary/aromatic N) is 2. The normalized spacial score (nSPS) is 12.8. The SMILES string of the molecule is c1ccc(C2(c3ccccc3)c3ccccc3-c3c(-c4ccc5c6ccccc6n(-c6ccc7c(c6)c6ccccc6n7-c6cccc([Si](c7ccccc7)(c7ccccc7)c7ccccc7)c6)c5c4)cccc32)cc1. The van der Waals surface area contributed by atoms with E-state index in [9.17, 15) is 0 Å². The summed E-state index contributed by atoms with van der Waals surface area (Å²) in [6, 6.07) is 113. The van der Waals surface area contributed by atoms with Crippen molar-refractivity contribution in [3.05, 3.63) is 326 Å². The van der Waals surface area contributed by atoms with E-state index in [-0.39, 0.29) is 0 Å². The molecule has 0 spiro atoms. The summed E-state index contributed by atoms with van der Waals surface area (Å²) < 4.78 is 4.98. The van der Waals surface area contributed by atoms with Gasteiger partial charge in [0.15, 0.2) is 8.07 Å². The summed E-state index contributed by atoms with van der Waals surface area (Å²) in [6.07, 6.45) is 0. The van der Waals surface area contributed by atoms with Crippen LogP contribution in [-0.2, 0) is 5.41 Å². The van der Waals surface area contributed by atoms with Crippen LogP contribution in [0.2, 0.25) is 0 Å². The Labute approximate surface area is 443 Å². The van der Waals surface area contributed by atoms with E-state index in [1.165, 1.54) is 109 Å². The molecule has 0 aliphatic heterocycles. The lowest BCUT2D eigenvalue weighted by atomic mass is 9.67. The van der Waals surface area contributed by atoms with Gasteiger partial charge in [-0.3, -0.25) is 0 Å². The second-order valence-corrected chi connectivity index (χ2v) is 24.1. The highest BCUT2D eigenvalue weighted by Gasteiger charge is 2.47. The quantitative estimate of drug-likeness (QED) is 0.101. The summed E-state index contributed by atoms with van der Waals surface area (Å²) in [7, 11) is -2.78. The average molecular weight is 983 g/mol. The van der Waals surface area contributed by atoms with Crippen molar-refractivity contribution in [2.45, 2.75) is 5.41 Å². The van der Waals surface area contributed by atoms with Gasteiger partial charge < -0.3 is 9.13 Å². The van der Waals surface area contributed by atoms with Crippen LogP contribution in [0.1, 0.15) is 22.3 Å². The third-order valence-corrected chi connectivity index (χ3v) is 21.3. The molecule has 0 saturated heterocycles. The van der Waals surface area contributed by atoms with Gasteiger partial charge in [0.05, 0.1) is 27.5 Å². The number of aromatic nitrogens is 2. The monoisotopic (exact) mass is 982 g/mol. The number of benzene rings is 12. The number of hydrogen-bond donors (Lipinski definition) is 0. The fraction of sp³-hybridized carbons (Fsp3) is 0.0137. The Morgan fingerprint density at radius 1 is 0.263 bits per heavy atom. The maximum Gasteiger partial charge on any atom is 0.179 e. The Hall–Kier alpha value is -9.54. The van der Waals surface area contributed by atoms with Crippen LogP contribution in [0.25, 0.3) is 77.2 Å². The molecule has 0 atom stereocenters. The topological polar surface area (TPSA) is 9.86 Å². The highest BCUT2D eigenvalue weighted by Crippen LogP contribution is 2.58. The van der Waals surface area contributed by atoms with E-state index < -0.39 is 13.5 Å². The van der Waals surface area contributed by atoms with Crippen LogP contribution in [0.3, 0.4) is 0 Å². The Kier molecular flexibility index (Phi) is 10.2. The fourth-order valence-corrected chi connectivity index (χ4v) is 18.3. The first-order chi connectivity index (χ1) is 37.7. The van der Waals surface area contributed by atoms with Gasteiger partial charge in [-0.2, -0.15) is 0 Å². The largest absolute Gasteiger partial charge is 0.309 e. The van der Waals surface area contributed by atoms with E-state index in [2.05, 4.69) is 312 Å². The highest BCUT2D eigenvalue weighted by molar-refractivity contribution is 7.19. The molecule has 3 heteroatoms. The van der Waals surface area contributed by atoms with Crippen LogP contribution < -0.4 is 20.7 Å². The predicted molar refractivity (Wildman–Crippen MR) is 321 cm³/mol. The third kappa shape index (κ3) is 6.40. The molecule has 76 heavy (non-hydrogen) atoms. The van der Waals surface area contributed by atoms with Crippen molar-refractivity contribution >= 4 is 72.4 Å². The molecule has 2 aromatic heterocycles. The molecule has 2 heterocycles. The molecular formula is C73H50N2Si. The Balaban J connectivity index is 0.925. The van der Waals surface area contributed by atoms with Crippen molar-refractivity contribution in [3.8, 4) is 33.6 Å². The van der Waals surface area contributed by atoms with E-state index in [1.807, 2.05) is 0 Å². The minimum Gasteiger partial charge on any atom is -0.309 e. The second-order valence-electron chi connectivity index (χ2n) is 20.3. The molecule has 0 fully saturated rings. The number of hydrogen-bond acceptors (Lipinski definition) is 0. The molecule has 0 unspecified atom stereocenters. The van der Waals surface area contributed by atoms with Crippen molar-refractivity contribution in [2.24, 2.45) is 0 Å². The molecule has 12 aromatic carbocycles. The van der Waals surface area contributed by atoms with E-state index in [1.54, 1.807) is 0 Å². The van der Waals surface area contributed by atoms with Gasteiger partial charge in [-0.05, 0) is 114 Å².